The maximum absolute atomic E-state index is 13.2. The van der Waals surface area contributed by atoms with E-state index in [0.717, 1.165) is 0 Å². The average Bonchev–Trinajstić information content (AvgIpc) is 2.88. The van der Waals surface area contributed by atoms with E-state index < -0.39 is 26.7 Å². The van der Waals surface area contributed by atoms with E-state index in [1.807, 2.05) is 0 Å². The van der Waals surface area contributed by atoms with Crippen molar-refractivity contribution in [3.8, 4) is 11.5 Å². The number of halogens is 2. The molecular weight excluding hydrogens is 553 g/mol. The van der Waals surface area contributed by atoms with Gasteiger partial charge in [0.15, 0.2) is 5.75 Å². The second-order valence-corrected chi connectivity index (χ2v) is 10.2. The molecule has 0 radical (unpaired) electrons. The van der Waals surface area contributed by atoms with Crippen LogP contribution in [0.5, 0.6) is 11.5 Å². The number of amides is 1. The molecule has 0 saturated heterocycles. The summed E-state index contributed by atoms with van der Waals surface area (Å²) in [5.41, 5.74) is 0.458. The number of fused-ring (bicyclic) bond motifs is 1. The summed E-state index contributed by atoms with van der Waals surface area (Å²) >= 11 is 12.1. The zero-order chi connectivity index (χ0) is 27.6. The molecule has 38 heavy (non-hydrogen) atoms. The fourth-order valence-corrected chi connectivity index (χ4v) is 5.23. The van der Waals surface area contributed by atoms with E-state index in [1.165, 1.54) is 25.3 Å². The Kier molecular flexibility index (Phi) is 7.89. The number of hydrogen-bond acceptors (Lipinski definition) is 7. The highest BCUT2D eigenvalue weighted by Crippen LogP contribution is 2.42. The molecule has 4 rings (SSSR count). The van der Waals surface area contributed by atoms with Crippen LogP contribution < -0.4 is 10.1 Å². The fraction of sp³-hybridized carbons (Fsp3) is 0.115. The lowest BCUT2D eigenvalue weighted by atomic mass is 10.0. The van der Waals surface area contributed by atoms with E-state index >= 15 is 0 Å². The van der Waals surface area contributed by atoms with Gasteiger partial charge in [0, 0.05) is 17.1 Å². The molecule has 0 aliphatic heterocycles. The van der Waals surface area contributed by atoms with Crippen molar-refractivity contribution < 1.29 is 27.6 Å². The molecule has 0 bridgehead atoms. The van der Waals surface area contributed by atoms with Gasteiger partial charge in [-0.3, -0.25) is 9.35 Å². The fourth-order valence-electron chi connectivity index (χ4n) is 3.86. The van der Waals surface area contributed by atoms with Crippen LogP contribution in [0.2, 0.25) is 10.0 Å². The molecule has 0 atom stereocenters. The number of phenols is 1. The van der Waals surface area contributed by atoms with Crippen molar-refractivity contribution in [3.63, 3.8) is 0 Å². The Bertz CT molecular complexity index is 1710. The van der Waals surface area contributed by atoms with Gasteiger partial charge in [0.1, 0.15) is 22.0 Å². The third-order valence-corrected chi connectivity index (χ3v) is 7.37. The standard InChI is InChI=1S/C26H21Cl2N3O6S/c1-3-14-8-10-20(28)25(38(34,35)36)22(14)30-31-23-17-7-5-4-6-15(17)12-18(24(23)32)26(33)29-16-9-11-19(27)21(13-16)37-2/h4-13,32H,3H2,1-2H3,(H,29,33)(H,34,35,36). The molecule has 1 amide bonds. The summed E-state index contributed by atoms with van der Waals surface area (Å²) in [5.74, 6) is -0.784. The summed E-state index contributed by atoms with van der Waals surface area (Å²) in [7, 11) is -3.31. The number of benzene rings is 4. The number of carbonyl (C=O) groups is 1. The third kappa shape index (κ3) is 5.44. The predicted octanol–water partition coefficient (Wildman–Crippen LogP) is 7.34. The lowest BCUT2D eigenvalue weighted by molar-refractivity contribution is 0.102. The summed E-state index contributed by atoms with van der Waals surface area (Å²) in [4.78, 5) is 12.6. The highest BCUT2D eigenvalue weighted by Gasteiger charge is 2.24. The topological polar surface area (TPSA) is 138 Å². The van der Waals surface area contributed by atoms with Crippen molar-refractivity contribution >= 4 is 67.1 Å². The van der Waals surface area contributed by atoms with Gasteiger partial charge in [-0.05, 0) is 41.6 Å². The zero-order valence-corrected chi connectivity index (χ0v) is 22.4. The molecule has 0 aliphatic rings. The Morgan fingerprint density at radius 3 is 2.37 bits per heavy atom. The quantitative estimate of drug-likeness (QED) is 0.156. The molecule has 196 valence electrons. The Hall–Kier alpha value is -3.70. The van der Waals surface area contributed by atoms with Crippen molar-refractivity contribution in [2.75, 3.05) is 12.4 Å². The van der Waals surface area contributed by atoms with Crippen LogP contribution in [-0.2, 0) is 16.5 Å². The van der Waals surface area contributed by atoms with Gasteiger partial charge >= 0.3 is 0 Å². The van der Waals surface area contributed by atoms with Gasteiger partial charge in [0.25, 0.3) is 16.0 Å². The number of aryl methyl sites for hydroxylation is 1. The van der Waals surface area contributed by atoms with Crippen LogP contribution in [0.15, 0.2) is 75.8 Å². The van der Waals surface area contributed by atoms with Crippen LogP contribution in [0, 0.1) is 0 Å². The van der Waals surface area contributed by atoms with Gasteiger partial charge in [0.2, 0.25) is 0 Å². The van der Waals surface area contributed by atoms with Crippen molar-refractivity contribution in [3.05, 3.63) is 81.8 Å². The molecule has 12 heteroatoms. The Morgan fingerprint density at radius 2 is 1.68 bits per heavy atom. The predicted molar refractivity (Wildman–Crippen MR) is 146 cm³/mol. The van der Waals surface area contributed by atoms with Gasteiger partial charge in [-0.1, -0.05) is 60.5 Å². The van der Waals surface area contributed by atoms with Gasteiger partial charge in [-0.2, -0.15) is 8.42 Å². The monoisotopic (exact) mass is 573 g/mol. The molecule has 0 unspecified atom stereocenters. The van der Waals surface area contributed by atoms with Crippen LogP contribution in [0.1, 0.15) is 22.8 Å². The van der Waals surface area contributed by atoms with Crippen molar-refractivity contribution in [1.29, 1.82) is 0 Å². The van der Waals surface area contributed by atoms with Crippen molar-refractivity contribution in [2.45, 2.75) is 18.2 Å². The lowest BCUT2D eigenvalue weighted by Gasteiger charge is -2.13. The van der Waals surface area contributed by atoms with Gasteiger partial charge in [-0.25, -0.2) is 0 Å². The number of anilines is 1. The minimum atomic E-state index is -4.75. The van der Waals surface area contributed by atoms with Crippen LogP contribution in [0.3, 0.4) is 0 Å². The number of aromatic hydroxyl groups is 1. The maximum atomic E-state index is 13.2. The number of methoxy groups -OCH3 is 1. The minimum absolute atomic E-state index is 0.0785. The molecule has 0 heterocycles. The summed E-state index contributed by atoms with van der Waals surface area (Å²) in [6, 6.07) is 15.9. The van der Waals surface area contributed by atoms with Crippen LogP contribution in [-0.4, -0.2) is 31.1 Å². The molecule has 0 spiro atoms. The van der Waals surface area contributed by atoms with E-state index in [2.05, 4.69) is 15.5 Å². The molecule has 0 saturated carbocycles. The first-order valence-corrected chi connectivity index (χ1v) is 13.3. The third-order valence-electron chi connectivity index (χ3n) is 5.70. The molecule has 0 aliphatic carbocycles. The number of azo groups is 1. The van der Waals surface area contributed by atoms with E-state index in [9.17, 15) is 22.9 Å². The SMILES string of the molecule is CCc1ccc(Cl)c(S(=O)(=O)O)c1N=Nc1c(O)c(C(=O)Nc2ccc(Cl)c(OC)c2)cc2ccccc12. The van der Waals surface area contributed by atoms with Crippen molar-refractivity contribution in [2.24, 2.45) is 10.2 Å². The second-order valence-electron chi connectivity index (χ2n) is 8.06. The lowest BCUT2D eigenvalue weighted by Crippen LogP contribution is -2.12. The molecule has 3 N–H and O–H groups in total. The summed E-state index contributed by atoms with van der Waals surface area (Å²) < 4.78 is 39.1. The molecule has 0 aromatic heterocycles. The first-order valence-electron chi connectivity index (χ1n) is 11.1. The summed E-state index contributed by atoms with van der Waals surface area (Å²) in [6.07, 6.45) is 0.355. The largest absolute Gasteiger partial charge is 0.505 e. The normalized spacial score (nSPS) is 11.7. The van der Waals surface area contributed by atoms with Crippen LogP contribution in [0.4, 0.5) is 17.1 Å². The number of ether oxygens (including phenoxy) is 1. The van der Waals surface area contributed by atoms with Gasteiger partial charge in [-0.15, -0.1) is 10.2 Å². The molecule has 0 fully saturated rings. The Morgan fingerprint density at radius 1 is 1.00 bits per heavy atom. The summed E-state index contributed by atoms with van der Waals surface area (Å²) in [6.45, 7) is 1.76. The molecular formula is C26H21Cl2N3O6S. The van der Waals surface area contributed by atoms with E-state index in [4.69, 9.17) is 27.9 Å². The number of rotatable bonds is 7. The number of nitrogens with one attached hydrogen (secondary N) is 1. The van der Waals surface area contributed by atoms with Crippen LogP contribution >= 0.6 is 23.2 Å². The number of phenolic OH excluding ortho intramolecular Hbond substituents is 1. The average molecular weight is 574 g/mol. The van der Waals surface area contributed by atoms with E-state index in [-0.39, 0.29) is 22.0 Å². The van der Waals surface area contributed by atoms with E-state index in [0.29, 0.717) is 39.2 Å². The Balaban J connectivity index is 1.86. The van der Waals surface area contributed by atoms with Crippen LogP contribution in [0.25, 0.3) is 10.8 Å². The first kappa shape index (κ1) is 27.3. The highest BCUT2D eigenvalue weighted by molar-refractivity contribution is 7.86. The molecule has 4 aromatic rings. The maximum Gasteiger partial charge on any atom is 0.298 e. The first-order chi connectivity index (χ1) is 18.0. The van der Waals surface area contributed by atoms with E-state index in [1.54, 1.807) is 49.4 Å². The molecule has 9 nitrogen and oxygen atoms in total. The summed E-state index contributed by atoms with van der Waals surface area (Å²) in [5, 5.41) is 23.2. The van der Waals surface area contributed by atoms with Gasteiger partial charge < -0.3 is 15.2 Å². The minimum Gasteiger partial charge on any atom is -0.505 e. The van der Waals surface area contributed by atoms with Gasteiger partial charge in [0.05, 0.1) is 22.7 Å². The number of nitrogens with zero attached hydrogens (tertiary/aromatic N) is 2. The van der Waals surface area contributed by atoms with Crippen molar-refractivity contribution in [1.82, 2.24) is 0 Å². The second kappa shape index (κ2) is 11.0. The zero-order valence-electron chi connectivity index (χ0n) is 20.1. The Labute approximate surface area is 228 Å². The number of hydrogen-bond donors (Lipinski definition) is 3. The highest BCUT2D eigenvalue weighted by atomic mass is 35.5. The molecule has 4 aromatic carbocycles. The number of carbonyl (C=O) groups excluding carboxylic acids is 1. The smallest absolute Gasteiger partial charge is 0.298 e.